The molecule has 1 atom stereocenters. The van der Waals surface area contributed by atoms with Crippen LogP contribution in [0.2, 0.25) is 0 Å². The Morgan fingerprint density at radius 2 is 2.24 bits per heavy atom. The molecule has 0 spiro atoms. The summed E-state index contributed by atoms with van der Waals surface area (Å²) in [5.74, 6) is 0.799. The summed E-state index contributed by atoms with van der Waals surface area (Å²) in [6, 6.07) is 4.30. The van der Waals surface area contributed by atoms with Gasteiger partial charge in [0.2, 0.25) is 0 Å². The van der Waals surface area contributed by atoms with Gasteiger partial charge in [0.1, 0.15) is 5.76 Å². The van der Waals surface area contributed by atoms with Crippen molar-refractivity contribution in [3.05, 3.63) is 41.6 Å². The van der Waals surface area contributed by atoms with Crippen molar-refractivity contribution >= 4 is 6.03 Å². The van der Waals surface area contributed by atoms with Crippen LogP contribution >= 0.6 is 0 Å². The highest BCUT2D eigenvalue weighted by atomic mass is 16.3. The van der Waals surface area contributed by atoms with Gasteiger partial charge in [0.15, 0.2) is 0 Å². The van der Waals surface area contributed by atoms with E-state index in [0.717, 1.165) is 25.0 Å². The molecule has 0 fully saturated rings. The second-order valence-electron chi connectivity index (χ2n) is 7.35. The molecular formula is C19H28N4O2. The summed E-state index contributed by atoms with van der Waals surface area (Å²) in [6.07, 6.45) is 6.38. The number of furan rings is 1. The molecule has 6 heteroatoms. The van der Waals surface area contributed by atoms with E-state index in [9.17, 15) is 4.79 Å². The van der Waals surface area contributed by atoms with Gasteiger partial charge in [0, 0.05) is 30.2 Å². The molecule has 0 saturated carbocycles. The van der Waals surface area contributed by atoms with Gasteiger partial charge in [-0.2, -0.15) is 5.10 Å². The lowest BCUT2D eigenvalue weighted by atomic mass is 9.93. The van der Waals surface area contributed by atoms with Crippen molar-refractivity contribution in [2.75, 3.05) is 0 Å². The maximum atomic E-state index is 12.8. The van der Waals surface area contributed by atoms with Crippen LogP contribution in [-0.2, 0) is 19.4 Å². The number of amides is 2. The Hall–Kier alpha value is -2.24. The van der Waals surface area contributed by atoms with E-state index in [1.807, 2.05) is 37.1 Å². The lowest BCUT2D eigenvalue weighted by molar-refractivity contribution is 0.169. The predicted octanol–water partition coefficient (Wildman–Crippen LogP) is 3.53. The molecule has 0 bridgehead atoms. The lowest BCUT2D eigenvalue weighted by Crippen LogP contribution is -2.48. The minimum Gasteiger partial charge on any atom is -0.467 e. The van der Waals surface area contributed by atoms with Crippen LogP contribution in [0.5, 0.6) is 0 Å². The normalized spacial score (nSPS) is 17.0. The summed E-state index contributed by atoms with van der Waals surface area (Å²) >= 11 is 0. The zero-order valence-electron chi connectivity index (χ0n) is 15.5. The molecule has 0 aliphatic heterocycles. The van der Waals surface area contributed by atoms with Crippen molar-refractivity contribution in [3.63, 3.8) is 0 Å². The summed E-state index contributed by atoms with van der Waals surface area (Å²) in [5, 5.41) is 7.72. The highest BCUT2D eigenvalue weighted by Gasteiger charge is 2.27. The van der Waals surface area contributed by atoms with Crippen LogP contribution in [0, 0.1) is 0 Å². The average molecular weight is 344 g/mol. The van der Waals surface area contributed by atoms with Crippen LogP contribution in [0.1, 0.15) is 57.2 Å². The fraction of sp³-hybridized carbons (Fsp3) is 0.579. The number of carbonyl (C=O) groups excluding carboxylic acids is 1. The number of rotatable bonds is 5. The number of hydrogen-bond acceptors (Lipinski definition) is 3. The first-order valence-electron chi connectivity index (χ1n) is 9.10. The summed E-state index contributed by atoms with van der Waals surface area (Å²) in [4.78, 5) is 14.6. The number of aromatic nitrogens is 2. The second-order valence-corrected chi connectivity index (χ2v) is 7.35. The third-order valence-corrected chi connectivity index (χ3v) is 4.79. The van der Waals surface area contributed by atoms with Crippen LogP contribution in [0.15, 0.2) is 29.0 Å². The van der Waals surface area contributed by atoms with Crippen LogP contribution in [0.25, 0.3) is 0 Å². The number of nitrogens with one attached hydrogen (secondary N) is 1. The van der Waals surface area contributed by atoms with Crippen molar-refractivity contribution in [2.24, 2.45) is 0 Å². The van der Waals surface area contributed by atoms with Gasteiger partial charge < -0.3 is 14.6 Å². The van der Waals surface area contributed by atoms with Gasteiger partial charge >= 0.3 is 6.03 Å². The first-order valence-corrected chi connectivity index (χ1v) is 9.10. The average Bonchev–Trinajstić information content (AvgIpc) is 3.21. The van der Waals surface area contributed by atoms with Crippen LogP contribution < -0.4 is 5.32 Å². The standard InChI is InChI=1S/C19H28N4O2/c1-13(2)22(12-17-6-5-9-25-17)19(24)21-16-8-7-15-11-20-23(14(3)4)18(15)10-16/h5-6,9,11,13-14,16H,7-8,10,12H2,1-4H3,(H,21,24)/t16-/m1/s1. The van der Waals surface area contributed by atoms with E-state index in [2.05, 4.69) is 28.9 Å². The van der Waals surface area contributed by atoms with E-state index >= 15 is 0 Å². The minimum atomic E-state index is -0.0320. The quantitative estimate of drug-likeness (QED) is 0.902. The molecule has 2 aromatic rings. The smallest absolute Gasteiger partial charge is 0.318 e. The molecule has 1 aliphatic rings. The van der Waals surface area contributed by atoms with Gasteiger partial charge in [0.25, 0.3) is 0 Å². The number of fused-ring (bicyclic) bond motifs is 1. The number of hydrogen-bond donors (Lipinski definition) is 1. The van der Waals surface area contributed by atoms with Crippen molar-refractivity contribution in [1.82, 2.24) is 20.0 Å². The predicted molar refractivity (Wildman–Crippen MR) is 96.3 cm³/mol. The molecule has 1 N–H and O–H groups in total. The minimum absolute atomic E-state index is 0.0320. The van der Waals surface area contributed by atoms with E-state index in [1.54, 1.807) is 6.26 Å². The Balaban J connectivity index is 1.66. The lowest BCUT2D eigenvalue weighted by Gasteiger charge is -2.31. The monoisotopic (exact) mass is 344 g/mol. The van der Waals surface area contributed by atoms with Crippen LogP contribution in [0.3, 0.4) is 0 Å². The zero-order chi connectivity index (χ0) is 18.0. The first-order chi connectivity index (χ1) is 12.0. The highest BCUT2D eigenvalue weighted by molar-refractivity contribution is 5.74. The van der Waals surface area contributed by atoms with Crippen molar-refractivity contribution < 1.29 is 9.21 Å². The number of carbonyl (C=O) groups is 1. The third kappa shape index (κ3) is 3.89. The molecule has 2 heterocycles. The Bertz CT molecular complexity index is 703. The molecular weight excluding hydrogens is 316 g/mol. The molecule has 0 aromatic carbocycles. The largest absolute Gasteiger partial charge is 0.467 e. The van der Waals surface area contributed by atoms with E-state index in [4.69, 9.17) is 4.42 Å². The third-order valence-electron chi connectivity index (χ3n) is 4.79. The van der Waals surface area contributed by atoms with Gasteiger partial charge in [-0.15, -0.1) is 0 Å². The molecule has 0 saturated heterocycles. The summed E-state index contributed by atoms with van der Waals surface area (Å²) in [7, 11) is 0. The molecule has 3 rings (SSSR count). The molecule has 6 nitrogen and oxygen atoms in total. The van der Waals surface area contributed by atoms with Gasteiger partial charge in [-0.1, -0.05) is 0 Å². The number of nitrogens with zero attached hydrogens (tertiary/aromatic N) is 3. The van der Waals surface area contributed by atoms with Gasteiger partial charge in [0.05, 0.1) is 19.0 Å². The van der Waals surface area contributed by atoms with E-state index in [1.165, 1.54) is 11.3 Å². The molecule has 2 aromatic heterocycles. The molecule has 0 unspecified atom stereocenters. The number of urea groups is 1. The fourth-order valence-corrected chi connectivity index (χ4v) is 3.41. The van der Waals surface area contributed by atoms with Crippen LogP contribution in [0.4, 0.5) is 4.79 Å². The first kappa shape index (κ1) is 17.6. The molecule has 25 heavy (non-hydrogen) atoms. The fourth-order valence-electron chi connectivity index (χ4n) is 3.41. The van der Waals surface area contributed by atoms with E-state index < -0.39 is 0 Å². The Kier molecular flexibility index (Phi) is 5.16. The van der Waals surface area contributed by atoms with Crippen LogP contribution in [-0.4, -0.2) is 32.8 Å². The Morgan fingerprint density at radius 1 is 1.44 bits per heavy atom. The molecule has 2 amide bonds. The summed E-state index contributed by atoms with van der Waals surface area (Å²) in [6.45, 7) is 8.81. The summed E-state index contributed by atoms with van der Waals surface area (Å²) in [5.41, 5.74) is 2.57. The second kappa shape index (κ2) is 7.33. The summed E-state index contributed by atoms with van der Waals surface area (Å²) < 4.78 is 7.48. The molecule has 136 valence electrons. The Morgan fingerprint density at radius 3 is 2.88 bits per heavy atom. The van der Waals surface area contributed by atoms with Crippen molar-refractivity contribution in [1.29, 1.82) is 0 Å². The van der Waals surface area contributed by atoms with Crippen molar-refractivity contribution in [2.45, 2.75) is 71.6 Å². The van der Waals surface area contributed by atoms with E-state index in [-0.39, 0.29) is 18.1 Å². The number of aryl methyl sites for hydroxylation is 1. The van der Waals surface area contributed by atoms with E-state index in [0.29, 0.717) is 12.6 Å². The maximum Gasteiger partial charge on any atom is 0.318 e. The molecule has 1 aliphatic carbocycles. The topological polar surface area (TPSA) is 63.3 Å². The Labute approximate surface area is 149 Å². The SMILES string of the molecule is CC(C)N(Cc1ccco1)C(=O)N[C@@H]1CCc2cnn(C(C)C)c2C1. The molecule has 0 radical (unpaired) electrons. The van der Waals surface area contributed by atoms with Gasteiger partial charge in [-0.05, 0) is 58.2 Å². The van der Waals surface area contributed by atoms with Crippen molar-refractivity contribution in [3.8, 4) is 0 Å². The highest BCUT2D eigenvalue weighted by Crippen LogP contribution is 2.24. The van der Waals surface area contributed by atoms with Gasteiger partial charge in [-0.25, -0.2) is 4.79 Å². The van der Waals surface area contributed by atoms with Gasteiger partial charge in [-0.3, -0.25) is 4.68 Å². The maximum absolute atomic E-state index is 12.8. The zero-order valence-corrected chi connectivity index (χ0v) is 15.5.